The molecule has 2 aromatic carbocycles. The van der Waals surface area contributed by atoms with E-state index in [0.717, 1.165) is 40.0 Å². The number of benzene rings is 2. The summed E-state index contributed by atoms with van der Waals surface area (Å²) in [6, 6.07) is 11.9. The summed E-state index contributed by atoms with van der Waals surface area (Å²) in [6.45, 7) is 2.13. The molecule has 4 aliphatic carbocycles. The largest absolute Gasteiger partial charge is 0.508 e. The number of aromatic hydroxyl groups is 1. The number of rotatable bonds is 5. The van der Waals surface area contributed by atoms with E-state index in [2.05, 4.69) is 6.07 Å². The molecule has 0 heterocycles. The highest BCUT2D eigenvalue weighted by molar-refractivity contribution is 6.32. The minimum atomic E-state index is -0.377. The van der Waals surface area contributed by atoms with Crippen LogP contribution in [-0.4, -0.2) is 17.7 Å². The Labute approximate surface area is 189 Å². The molecule has 0 aliphatic heterocycles. The topological polar surface area (TPSA) is 46.5 Å². The molecule has 3 nitrogen and oxygen atoms in total. The molecule has 31 heavy (non-hydrogen) atoms. The smallest absolute Gasteiger partial charge is 0.330 e. The van der Waals surface area contributed by atoms with E-state index >= 15 is 0 Å². The van der Waals surface area contributed by atoms with Crippen LogP contribution in [0.25, 0.3) is 17.2 Å². The number of phenolic OH excluding ortho intramolecular Hbond substituents is 1. The van der Waals surface area contributed by atoms with Crippen LogP contribution in [0.1, 0.15) is 56.6 Å². The maximum atomic E-state index is 11.7. The molecule has 0 atom stereocenters. The molecule has 4 aliphatic rings. The highest BCUT2D eigenvalue weighted by Gasteiger charge is 2.52. The predicted octanol–water partition coefficient (Wildman–Crippen LogP) is 6.76. The van der Waals surface area contributed by atoms with Gasteiger partial charge in [0.15, 0.2) is 0 Å². The minimum absolute atomic E-state index is 0.133. The molecule has 1 N–H and O–H groups in total. The standard InChI is InChI=1S/C27H29ClO3/c1-2-31-26(30)8-5-22-12-20(3-6-24(22)28)21-4-7-25(29)23(13-21)27-14-17-9-18(15-27)11-19(10-17)16-27/h3-8,12-13,17-19,29H,2,9-11,14-16H2,1H3/b8-5+. The van der Waals surface area contributed by atoms with Gasteiger partial charge in [0.05, 0.1) is 6.61 Å². The van der Waals surface area contributed by atoms with Crippen molar-refractivity contribution in [2.24, 2.45) is 17.8 Å². The van der Waals surface area contributed by atoms with Gasteiger partial charge in [-0.05, 0) is 116 Å². The second-order valence-corrected chi connectivity index (χ2v) is 10.2. The molecule has 0 unspecified atom stereocenters. The molecule has 6 rings (SSSR count). The molecule has 4 heteroatoms. The van der Waals surface area contributed by atoms with Crippen LogP contribution in [0.4, 0.5) is 0 Å². The Balaban J connectivity index is 1.49. The van der Waals surface area contributed by atoms with Crippen LogP contribution >= 0.6 is 11.6 Å². The first-order valence-electron chi connectivity index (χ1n) is 11.4. The number of phenols is 1. The van der Waals surface area contributed by atoms with E-state index < -0.39 is 0 Å². The van der Waals surface area contributed by atoms with Crippen LogP contribution in [0.2, 0.25) is 5.02 Å². The first-order chi connectivity index (χ1) is 15.0. The van der Waals surface area contributed by atoms with Crippen molar-refractivity contribution in [2.75, 3.05) is 6.61 Å². The van der Waals surface area contributed by atoms with Crippen molar-refractivity contribution in [1.82, 2.24) is 0 Å². The van der Waals surface area contributed by atoms with Gasteiger partial charge in [-0.2, -0.15) is 0 Å². The molecule has 4 saturated carbocycles. The first kappa shape index (κ1) is 20.6. The Morgan fingerprint density at radius 3 is 2.32 bits per heavy atom. The Kier molecular flexibility index (Phi) is 5.34. The van der Waals surface area contributed by atoms with Crippen LogP contribution in [0.5, 0.6) is 5.75 Å². The van der Waals surface area contributed by atoms with Crippen LogP contribution in [0.3, 0.4) is 0 Å². The molecular formula is C27H29ClO3. The predicted molar refractivity (Wildman–Crippen MR) is 124 cm³/mol. The average Bonchev–Trinajstić information content (AvgIpc) is 2.73. The third-order valence-corrected chi connectivity index (χ3v) is 7.97. The first-order valence-corrected chi connectivity index (χ1v) is 11.8. The van der Waals surface area contributed by atoms with Crippen molar-refractivity contribution in [2.45, 2.75) is 50.9 Å². The molecule has 4 bridgehead atoms. The van der Waals surface area contributed by atoms with Crippen molar-refractivity contribution in [3.63, 3.8) is 0 Å². The maximum absolute atomic E-state index is 11.7. The summed E-state index contributed by atoms with van der Waals surface area (Å²) in [5.74, 6) is 2.53. The number of hydrogen-bond acceptors (Lipinski definition) is 3. The fraction of sp³-hybridized carbons (Fsp3) is 0.444. The van der Waals surface area contributed by atoms with E-state index in [1.165, 1.54) is 44.6 Å². The number of halogens is 1. The lowest BCUT2D eigenvalue weighted by Crippen LogP contribution is -2.48. The molecule has 162 valence electrons. The fourth-order valence-electron chi connectivity index (χ4n) is 6.78. The lowest BCUT2D eigenvalue weighted by Gasteiger charge is -2.57. The third-order valence-electron chi connectivity index (χ3n) is 7.62. The van der Waals surface area contributed by atoms with Crippen LogP contribution < -0.4 is 0 Å². The molecule has 2 aromatic rings. The molecule has 4 fully saturated rings. The maximum Gasteiger partial charge on any atom is 0.330 e. The lowest BCUT2D eigenvalue weighted by molar-refractivity contribution is -0.137. The summed E-state index contributed by atoms with van der Waals surface area (Å²) in [6.07, 6.45) is 10.9. The second-order valence-electron chi connectivity index (χ2n) is 9.75. The Morgan fingerprint density at radius 1 is 1.06 bits per heavy atom. The van der Waals surface area contributed by atoms with Gasteiger partial charge >= 0.3 is 5.97 Å². The van der Waals surface area contributed by atoms with Gasteiger partial charge in [0, 0.05) is 16.7 Å². The van der Waals surface area contributed by atoms with Crippen molar-refractivity contribution >= 4 is 23.6 Å². The average molecular weight is 437 g/mol. The highest BCUT2D eigenvalue weighted by atomic mass is 35.5. The zero-order chi connectivity index (χ0) is 21.6. The third kappa shape index (κ3) is 3.89. The van der Waals surface area contributed by atoms with Crippen molar-refractivity contribution in [1.29, 1.82) is 0 Å². The zero-order valence-corrected chi connectivity index (χ0v) is 18.7. The summed E-state index contributed by atoms with van der Waals surface area (Å²) in [5.41, 5.74) is 4.14. The Bertz CT molecular complexity index is 1000. The molecule has 0 radical (unpaired) electrons. The fourth-order valence-corrected chi connectivity index (χ4v) is 6.96. The van der Waals surface area contributed by atoms with E-state index in [0.29, 0.717) is 17.4 Å². The van der Waals surface area contributed by atoms with Crippen molar-refractivity contribution in [3.8, 4) is 16.9 Å². The van der Waals surface area contributed by atoms with Crippen LogP contribution in [0.15, 0.2) is 42.5 Å². The number of esters is 1. The monoisotopic (exact) mass is 436 g/mol. The van der Waals surface area contributed by atoms with Crippen LogP contribution in [-0.2, 0) is 14.9 Å². The van der Waals surface area contributed by atoms with Crippen molar-refractivity contribution in [3.05, 3.63) is 58.6 Å². The molecule has 0 saturated heterocycles. The number of hydrogen-bond donors (Lipinski definition) is 1. The summed E-state index contributed by atoms with van der Waals surface area (Å²) < 4.78 is 4.97. The van der Waals surface area contributed by atoms with Gasteiger partial charge in [-0.3, -0.25) is 0 Å². The second kappa shape index (κ2) is 8.02. The lowest BCUT2D eigenvalue weighted by atomic mass is 9.48. The van der Waals surface area contributed by atoms with Gasteiger partial charge in [-0.15, -0.1) is 0 Å². The summed E-state index contributed by atoms with van der Waals surface area (Å²) in [4.78, 5) is 11.7. The number of ether oxygens (including phenoxy) is 1. The Morgan fingerprint density at radius 2 is 1.68 bits per heavy atom. The van der Waals surface area contributed by atoms with E-state index in [4.69, 9.17) is 16.3 Å². The molecular weight excluding hydrogens is 408 g/mol. The molecule has 0 amide bonds. The van der Waals surface area contributed by atoms with Gasteiger partial charge < -0.3 is 9.84 Å². The summed E-state index contributed by atoms with van der Waals surface area (Å²) in [5, 5.41) is 11.4. The number of carbonyl (C=O) groups is 1. The van der Waals surface area contributed by atoms with Gasteiger partial charge in [0.2, 0.25) is 0 Å². The van der Waals surface area contributed by atoms with Gasteiger partial charge in [0.1, 0.15) is 5.75 Å². The zero-order valence-electron chi connectivity index (χ0n) is 17.9. The van der Waals surface area contributed by atoms with Crippen molar-refractivity contribution < 1.29 is 14.6 Å². The van der Waals surface area contributed by atoms with Gasteiger partial charge in [0.25, 0.3) is 0 Å². The quantitative estimate of drug-likeness (QED) is 0.416. The van der Waals surface area contributed by atoms with Gasteiger partial charge in [-0.25, -0.2) is 4.79 Å². The normalized spacial score (nSPS) is 28.9. The highest BCUT2D eigenvalue weighted by Crippen LogP contribution is 2.62. The molecule has 0 aromatic heterocycles. The van der Waals surface area contributed by atoms with Crippen LogP contribution in [0, 0.1) is 17.8 Å². The van der Waals surface area contributed by atoms with E-state index in [-0.39, 0.29) is 11.4 Å². The SMILES string of the molecule is CCOC(=O)/C=C/c1cc(-c2ccc(O)c(C34CC5CC(CC(C5)C3)C4)c2)ccc1Cl. The van der Waals surface area contributed by atoms with Gasteiger partial charge in [-0.1, -0.05) is 23.7 Å². The van der Waals surface area contributed by atoms with E-state index in [1.807, 2.05) is 30.3 Å². The number of carbonyl (C=O) groups excluding carboxylic acids is 1. The van der Waals surface area contributed by atoms with E-state index in [9.17, 15) is 9.90 Å². The molecule has 0 spiro atoms. The van der Waals surface area contributed by atoms with E-state index in [1.54, 1.807) is 13.0 Å². The summed E-state index contributed by atoms with van der Waals surface area (Å²) >= 11 is 6.37. The Hall–Kier alpha value is -2.26. The minimum Gasteiger partial charge on any atom is -0.508 e. The summed E-state index contributed by atoms with van der Waals surface area (Å²) in [7, 11) is 0.